The first-order chi connectivity index (χ1) is 10.3. The van der Waals surface area contributed by atoms with Gasteiger partial charge in [0.2, 0.25) is 5.91 Å². The lowest BCUT2D eigenvalue weighted by molar-refractivity contribution is -0.121. The summed E-state index contributed by atoms with van der Waals surface area (Å²) in [5.41, 5.74) is 1.16. The maximum absolute atomic E-state index is 11.7. The van der Waals surface area contributed by atoms with Crippen LogP contribution < -0.4 is 5.32 Å². The highest BCUT2D eigenvalue weighted by Gasteiger charge is 2.13. The van der Waals surface area contributed by atoms with E-state index in [-0.39, 0.29) is 5.91 Å². The van der Waals surface area contributed by atoms with Crippen LogP contribution in [0.5, 0.6) is 0 Å². The molecule has 0 radical (unpaired) electrons. The zero-order chi connectivity index (χ0) is 14.8. The predicted octanol–water partition coefficient (Wildman–Crippen LogP) is 3.41. The summed E-state index contributed by atoms with van der Waals surface area (Å²) in [6.45, 7) is 2.38. The summed E-state index contributed by atoms with van der Waals surface area (Å²) >= 11 is 0. The summed E-state index contributed by atoms with van der Waals surface area (Å²) in [4.78, 5) is 11.7. The molecule has 1 fully saturated rings. The first kappa shape index (κ1) is 15.8. The maximum atomic E-state index is 11.7. The number of benzene rings is 1. The molecular formula is C18H25NO2. The monoisotopic (exact) mass is 287 g/mol. The Kier molecular flexibility index (Phi) is 7.02. The van der Waals surface area contributed by atoms with Gasteiger partial charge in [-0.2, -0.15) is 0 Å². The maximum Gasteiger partial charge on any atom is 0.220 e. The van der Waals surface area contributed by atoms with Crippen LogP contribution in [-0.4, -0.2) is 25.7 Å². The van der Waals surface area contributed by atoms with Crippen molar-refractivity contribution >= 4 is 12.0 Å². The van der Waals surface area contributed by atoms with Crippen LogP contribution >= 0.6 is 0 Å². The SMILES string of the molecule is O=C(CCCC1CCOCC1)NC/C=C/c1ccccc1. The standard InChI is InChI=1S/C18H25NO2/c20-18(10-4-8-17-11-14-21-15-12-17)19-13-5-9-16-6-2-1-3-7-16/h1-3,5-7,9,17H,4,8,10-15H2,(H,19,20)/b9-5+. The molecule has 0 bridgehead atoms. The molecule has 1 aliphatic heterocycles. The second kappa shape index (κ2) is 9.35. The van der Waals surface area contributed by atoms with Gasteiger partial charge in [0.15, 0.2) is 0 Å². The molecule has 0 aliphatic carbocycles. The van der Waals surface area contributed by atoms with Crippen molar-refractivity contribution in [3.8, 4) is 0 Å². The molecule has 3 heteroatoms. The van der Waals surface area contributed by atoms with E-state index in [1.807, 2.05) is 42.5 Å². The van der Waals surface area contributed by atoms with Gasteiger partial charge in [-0.1, -0.05) is 42.5 Å². The van der Waals surface area contributed by atoms with Crippen LogP contribution in [0, 0.1) is 5.92 Å². The lowest BCUT2D eigenvalue weighted by Crippen LogP contribution is -2.23. The predicted molar refractivity (Wildman–Crippen MR) is 85.9 cm³/mol. The van der Waals surface area contributed by atoms with Gasteiger partial charge in [-0.15, -0.1) is 0 Å². The molecule has 2 rings (SSSR count). The third-order valence-electron chi connectivity index (χ3n) is 3.88. The lowest BCUT2D eigenvalue weighted by Gasteiger charge is -2.21. The summed E-state index contributed by atoms with van der Waals surface area (Å²) in [7, 11) is 0. The highest BCUT2D eigenvalue weighted by molar-refractivity contribution is 5.76. The number of carbonyl (C=O) groups excluding carboxylic acids is 1. The second-order valence-electron chi connectivity index (χ2n) is 5.57. The smallest absolute Gasteiger partial charge is 0.220 e. The molecule has 1 saturated heterocycles. The molecule has 1 heterocycles. The number of hydrogen-bond acceptors (Lipinski definition) is 2. The highest BCUT2D eigenvalue weighted by atomic mass is 16.5. The number of carbonyl (C=O) groups is 1. The van der Waals surface area contributed by atoms with E-state index >= 15 is 0 Å². The quantitative estimate of drug-likeness (QED) is 0.834. The number of amides is 1. The van der Waals surface area contributed by atoms with Crippen LogP contribution in [-0.2, 0) is 9.53 Å². The minimum atomic E-state index is 0.153. The van der Waals surface area contributed by atoms with Gasteiger partial charge in [-0.3, -0.25) is 4.79 Å². The number of ether oxygens (including phenoxy) is 1. The third-order valence-corrected chi connectivity index (χ3v) is 3.88. The average molecular weight is 287 g/mol. The molecule has 0 atom stereocenters. The van der Waals surface area contributed by atoms with Crippen molar-refractivity contribution in [3.63, 3.8) is 0 Å². The van der Waals surface area contributed by atoms with E-state index in [0.29, 0.717) is 13.0 Å². The van der Waals surface area contributed by atoms with Crippen LogP contribution in [0.1, 0.15) is 37.7 Å². The molecule has 1 amide bonds. The number of rotatable bonds is 7. The molecule has 21 heavy (non-hydrogen) atoms. The number of hydrogen-bond donors (Lipinski definition) is 1. The van der Waals surface area contributed by atoms with Crippen molar-refractivity contribution in [1.82, 2.24) is 5.32 Å². The van der Waals surface area contributed by atoms with E-state index in [0.717, 1.165) is 50.4 Å². The Morgan fingerprint density at radius 1 is 1.24 bits per heavy atom. The van der Waals surface area contributed by atoms with Crippen molar-refractivity contribution in [3.05, 3.63) is 42.0 Å². The minimum Gasteiger partial charge on any atom is -0.381 e. The molecular weight excluding hydrogens is 262 g/mol. The van der Waals surface area contributed by atoms with Crippen LogP contribution in [0.25, 0.3) is 6.08 Å². The van der Waals surface area contributed by atoms with Crippen molar-refractivity contribution in [2.75, 3.05) is 19.8 Å². The average Bonchev–Trinajstić information content (AvgIpc) is 2.54. The molecule has 0 aromatic heterocycles. The van der Waals surface area contributed by atoms with Gasteiger partial charge in [-0.05, 0) is 37.2 Å². The number of nitrogens with one attached hydrogen (secondary N) is 1. The molecule has 1 aliphatic rings. The van der Waals surface area contributed by atoms with Crippen molar-refractivity contribution in [2.24, 2.45) is 5.92 Å². The molecule has 0 unspecified atom stereocenters. The van der Waals surface area contributed by atoms with Crippen molar-refractivity contribution in [2.45, 2.75) is 32.1 Å². The van der Waals surface area contributed by atoms with Gasteiger partial charge >= 0.3 is 0 Å². The van der Waals surface area contributed by atoms with E-state index in [2.05, 4.69) is 5.32 Å². The highest BCUT2D eigenvalue weighted by Crippen LogP contribution is 2.20. The molecule has 0 saturated carbocycles. The van der Waals surface area contributed by atoms with Gasteiger partial charge in [-0.25, -0.2) is 0 Å². The Morgan fingerprint density at radius 3 is 2.76 bits per heavy atom. The Morgan fingerprint density at radius 2 is 2.00 bits per heavy atom. The Labute approximate surface area is 127 Å². The van der Waals surface area contributed by atoms with Crippen LogP contribution in [0.3, 0.4) is 0 Å². The summed E-state index contributed by atoms with van der Waals surface area (Å²) in [6.07, 6.45) is 9.10. The first-order valence-electron chi connectivity index (χ1n) is 7.90. The molecule has 1 aromatic rings. The Hall–Kier alpha value is -1.61. The minimum absolute atomic E-state index is 0.153. The Bertz CT molecular complexity index is 436. The normalized spacial score (nSPS) is 16.2. The van der Waals surface area contributed by atoms with E-state index in [9.17, 15) is 4.79 Å². The molecule has 1 aromatic carbocycles. The van der Waals surface area contributed by atoms with E-state index in [1.54, 1.807) is 0 Å². The van der Waals surface area contributed by atoms with E-state index in [1.165, 1.54) is 0 Å². The topological polar surface area (TPSA) is 38.3 Å². The molecule has 1 N–H and O–H groups in total. The van der Waals surface area contributed by atoms with E-state index < -0.39 is 0 Å². The van der Waals surface area contributed by atoms with Gasteiger partial charge in [0.1, 0.15) is 0 Å². The molecule has 114 valence electrons. The van der Waals surface area contributed by atoms with Gasteiger partial charge < -0.3 is 10.1 Å². The summed E-state index contributed by atoms with van der Waals surface area (Å²) in [5, 5.41) is 2.94. The summed E-state index contributed by atoms with van der Waals surface area (Å²) in [6, 6.07) is 10.1. The largest absolute Gasteiger partial charge is 0.381 e. The third kappa shape index (κ3) is 6.58. The van der Waals surface area contributed by atoms with Crippen molar-refractivity contribution in [1.29, 1.82) is 0 Å². The van der Waals surface area contributed by atoms with E-state index in [4.69, 9.17) is 4.74 Å². The van der Waals surface area contributed by atoms with Gasteiger partial charge in [0, 0.05) is 26.2 Å². The van der Waals surface area contributed by atoms with Gasteiger partial charge in [0.05, 0.1) is 0 Å². The fourth-order valence-electron chi connectivity index (χ4n) is 2.61. The van der Waals surface area contributed by atoms with Gasteiger partial charge in [0.25, 0.3) is 0 Å². The summed E-state index contributed by atoms with van der Waals surface area (Å²) in [5.74, 6) is 0.907. The second-order valence-corrected chi connectivity index (χ2v) is 5.57. The van der Waals surface area contributed by atoms with Crippen LogP contribution in [0.4, 0.5) is 0 Å². The zero-order valence-corrected chi connectivity index (χ0v) is 12.6. The van der Waals surface area contributed by atoms with Crippen LogP contribution in [0.2, 0.25) is 0 Å². The Balaban J connectivity index is 1.54. The lowest BCUT2D eigenvalue weighted by atomic mass is 9.94. The van der Waals surface area contributed by atoms with Crippen LogP contribution in [0.15, 0.2) is 36.4 Å². The fourth-order valence-corrected chi connectivity index (χ4v) is 2.61. The molecule has 3 nitrogen and oxygen atoms in total. The fraction of sp³-hybridized carbons (Fsp3) is 0.500. The first-order valence-corrected chi connectivity index (χ1v) is 7.90. The molecule has 0 spiro atoms. The van der Waals surface area contributed by atoms with Crippen molar-refractivity contribution < 1.29 is 9.53 Å². The summed E-state index contributed by atoms with van der Waals surface area (Å²) < 4.78 is 5.34. The zero-order valence-electron chi connectivity index (χ0n) is 12.6.